The van der Waals surface area contributed by atoms with Crippen LogP contribution in [-0.4, -0.2) is 30.1 Å². The van der Waals surface area contributed by atoms with Crippen molar-refractivity contribution in [3.05, 3.63) is 58.7 Å². The number of benzene rings is 2. The lowest BCUT2D eigenvalue weighted by Crippen LogP contribution is -2.39. The number of rotatable bonds is 6. The predicted octanol–water partition coefficient (Wildman–Crippen LogP) is 4.88. The van der Waals surface area contributed by atoms with Crippen molar-refractivity contribution in [2.45, 2.75) is 19.8 Å². The van der Waals surface area contributed by atoms with Crippen molar-refractivity contribution in [2.24, 2.45) is 0 Å². The molecule has 3 aromatic rings. The van der Waals surface area contributed by atoms with E-state index >= 15 is 0 Å². The Labute approximate surface area is 182 Å². The number of amides is 2. The van der Waals surface area contributed by atoms with Crippen LogP contribution in [0.25, 0.3) is 11.3 Å². The van der Waals surface area contributed by atoms with Crippen LogP contribution in [0.1, 0.15) is 30.3 Å². The maximum absolute atomic E-state index is 12.6. The van der Waals surface area contributed by atoms with Gasteiger partial charge in [-0.2, -0.15) is 0 Å². The first-order chi connectivity index (χ1) is 14.5. The standard InChI is InChI=1S/C22H20BrN3O4/c1-2-3-10-26-18-11-16(8-9-19(18)29-13-21(26)27)24-22(28)17-12-20(30-25-17)14-4-6-15(23)7-5-14/h4-9,11-12H,2-3,10,13H2,1H3,(H,24,28). The Morgan fingerprint density at radius 3 is 2.77 bits per heavy atom. The molecule has 1 aliphatic heterocycles. The number of nitrogens with zero attached hydrogens (tertiary/aromatic N) is 2. The normalized spacial score (nSPS) is 13.0. The summed E-state index contributed by atoms with van der Waals surface area (Å²) < 4.78 is 11.8. The number of unbranched alkanes of at least 4 members (excludes halogenated alkanes) is 1. The van der Waals surface area contributed by atoms with Crippen molar-refractivity contribution in [1.82, 2.24) is 5.16 Å². The van der Waals surface area contributed by atoms with Gasteiger partial charge in [-0.3, -0.25) is 9.59 Å². The Bertz CT molecular complexity index is 1080. The molecule has 1 aromatic heterocycles. The zero-order chi connectivity index (χ0) is 21.1. The topological polar surface area (TPSA) is 84.7 Å². The third kappa shape index (κ3) is 4.23. The van der Waals surface area contributed by atoms with Crippen molar-refractivity contribution in [2.75, 3.05) is 23.4 Å². The molecule has 154 valence electrons. The summed E-state index contributed by atoms with van der Waals surface area (Å²) in [6, 6.07) is 14.4. The monoisotopic (exact) mass is 469 g/mol. The van der Waals surface area contributed by atoms with Gasteiger partial charge in [0.1, 0.15) is 5.75 Å². The molecule has 7 nitrogen and oxygen atoms in total. The van der Waals surface area contributed by atoms with E-state index in [1.807, 2.05) is 24.3 Å². The summed E-state index contributed by atoms with van der Waals surface area (Å²) in [4.78, 5) is 26.6. The van der Waals surface area contributed by atoms with Crippen molar-refractivity contribution in [3.8, 4) is 17.1 Å². The minimum absolute atomic E-state index is 0.0280. The molecular weight excluding hydrogens is 450 g/mol. The molecule has 2 aromatic carbocycles. The van der Waals surface area contributed by atoms with E-state index in [2.05, 4.69) is 33.3 Å². The molecule has 0 radical (unpaired) electrons. The van der Waals surface area contributed by atoms with Crippen LogP contribution in [0.5, 0.6) is 5.75 Å². The van der Waals surface area contributed by atoms with Gasteiger partial charge in [0, 0.05) is 28.3 Å². The molecule has 0 atom stereocenters. The van der Waals surface area contributed by atoms with Gasteiger partial charge in [-0.15, -0.1) is 0 Å². The zero-order valence-corrected chi connectivity index (χ0v) is 17.9. The van der Waals surface area contributed by atoms with Crippen molar-refractivity contribution < 1.29 is 18.8 Å². The predicted molar refractivity (Wildman–Crippen MR) is 117 cm³/mol. The molecule has 0 saturated heterocycles. The van der Waals surface area contributed by atoms with Crippen molar-refractivity contribution in [1.29, 1.82) is 0 Å². The Kier molecular flexibility index (Phi) is 5.85. The van der Waals surface area contributed by atoms with E-state index in [0.717, 1.165) is 22.9 Å². The lowest BCUT2D eigenvalue weighted by molar-refractivity contribution is -0.121. The molecule has 30 heavy (non-hydrogen) atoms. The molecular formula is C22H20BrN3O4. The number of carbonyl (C=O) groups is 2. The number of nitrogens with one attached hydrogen (secondary N) is 1. The van der Waals surface area contributed by atoms with Gasteiger partial charge in [-0.05, 0) is 36.8 Å². The number of halogens is 1. The van der Waals surface area contributed by atoms with Crippen molar-refractivity contribution >= 4 is 39.1 Å². The summed E-state index contributed by atoms with van der Waals surface area (Å²) >= 11 is 3.39. The molecule has 1 N–H and O–H groups in total. The molecule has 4 rings (SSSR count). The number of carbonyl (C=O) groups excluding carboxylic acids is 2. The second-order valence-corrected chi connectivity index (χ2v) is 7.82. The van der Waals surface area contributed by atoms with Crippen LogP contribution in [0.2, 0.25) is 0 Å². The number of aromatic nitrogens is 1. The molecule has 0 unspecified atom stereocenters. The summed E-state index contributed by atoms with van der Waals surface area (Å²) in [7, 11) is 0. The first kappa shape index (κ1) is 20.2. The highest BCUT2D eigenvalue weighted by Crippen LogP contribution is 2.35. The van der Waals surface area contributed by atoms with E-state index in [0.29, 0.717) is 29.4 Å². The molecule has 8 heteroatoms. The SMILES string of the molecule is CCCCN1C(=O)COc2ccc(NC(=O)c3cc(-c4ccc(Br)cc4)on3)cc21. The largest absolute Gasteiger partial charge is 0.482 e. The second kappa shape index (κ2) is 8.71. The fraction of sp³-hybridized carbons (Fsp3) is 0.227. The van der Waals surface area contributed by atoms with Crippen LogP contribution in [0.15, 0.2) is 57.5 Å². The van der Waals surface area contributed by atoms with Gasteiger partial charge in [0.25, 0.3) is 11.8 Å². The van der Waals surface area contributed by atoms with E-state index < -0.39 is 5.91 Å². The molecule has 0 spiro atoms. The number of ether oxygens (including phenoxy) is 1. The molecule has 0 saturated carbocycles. The van der Waals surface area contributed by atoms with Gasteiger partial charge in [-0.25, -0.2) is 0 Å². The lowest BCUT2D eigenvalue weighted by atomic mass is 10.1. The van der Waals surface area contributed by atoms with Crippen LogP contribution in [-0.2, 0) is 4.79 Å². The van der Waals surface area contributed by atoms with Crippen LogP contribution in [0.3, 0.4) is 0 Å². The fourth-order valence-corrected chi connectivity index (χ4v) is 3.43. The average Bonchev–Trinajstić information content (AvgIpc) is 3.24. The van der Waals surface area contributed by atoms with E-state index in [-0.39, 0.29) is 18.2 Å². The molecule has 0 bridgehead atoms. The Morgan fingerprint density at radius 2 is 2.00 bits per heavy atom. The van der Waals surface area contributed by atoms with E-state index in [1.165, 1.54) is 0 Å². The molecule has 0 aliphatic carbocycles. The highest BCUT2D eigenvalue weighted by Gasteiger charge is 2.25. The number of hydrogen-bond acceptors (Lipinski definition) is 5. The summed E-state index contributed by atoms with van der Waals surface area (Å²) in [5, 5.41) is 6.69. The number of fused-ring (bicyclic) bond motifs is 1. The Balaban J connectivity index is 1.52. The highest BCUT2D eigenvalue weighted by molar-refractivity contribution is 9.10. The third-order valence-corrected chi connectivity index (χ3v) is 5.30. The molecule has 1 aliphatic rings. The van der Waals surface area contributed by atoms with Crippen LogP contribution >= 0.6 is 15.9 Å². The molecule has 0 fully saturated rings. The van der Waals surface area contributed by atoms with Crippen LogP contribution < -0.4 is 15.0 Å². The van der Waals surface area contributed by atoms with E-state index in [4.69, 9.17) is 9.26 Å². The summed E-state index contributed by atoms with van der Waals surface area (Å²) in [6.07, 6.45) is 1.86. The summed E-state index contributed by atoms with van der Waals surface area (Å²) in [5.41, 5.74) is 2.20. The fourth-order valence-electron chi connectivity index (χ4n) is 3.17. The Hall–Kier alpha value is -3.13. The van der Waals surface area contributed by atoms with Gasteiger partial charge in [-0.1, -0.05) is 46.6 Å². The first-order valence-corrected chi connectivity index (χ1v) is 10.5. The minimum atomic E-state index is -0.398. The van der Waals surface area contributed by atoms with Crippen LogP contribution in [0, 0.1) is 0 Å². The average molecular weight is 470 g/mol. The second-order valence-electron chi connectivity index (χ2n) is 6.91. The number of hydrogen-bond donors (Lipinski definition) is 1. The highest BCUT2D eigenvalue weighted by atomic mass is 79.9. The molecule has 2 heterocycles. The van der Waals surface area contributed by atoms with Gasteiger partial charge < -0.3 is 19.5 Å². The quantitative estimate of drug-likeness (QED) is 0.555. The maximum Gasteiger partial charge on any atom is 0.277 e. The third-order valence-electron chi connectivity index (χ3n) is 4.77. The van der Waals surface area contributed by atoms with Gasteiger partial charge in [0.2, 0.25) is 0 Å². The number of anilines is 2. The van der Waals surface area contributed by atoms with Gasteiger partial charge >= 0.3 is 0 Å². The van der Waals surface area contributed by atoms with E-state index in [9.17, 15) is 9.59 Å². The lowest BCUT2D eigenvalue weighted by Gasteiger charge is -2.29. The van der Waals surface area contributed by atoms with Gasteiger partial charge in [0.15, 0.2) is 18.1 Å². The first-order valence-electron chi connectivity index (χ1n) is 9.66. The zero-order valence-electron chi connectivity index (χ0n) is 16.4. The van der Waals surface area contributed by atoms with E-state index in [1.54, 1.807) is 29.2 Å². The van der Waals surface area contributed by atoms with Crippen molar-refractivity contribution in [3.63, 3.8) is 0 Å². The summed E-state index contributed by atoms with van der Waals surface area (Å²) in [6.45, 7) is 2.71. The minimum Gasteiger partial charge on any atom is -0.482 e. The smallest absolute Gasteiger partial charge is 0.277 e. The summed E-state index contributed by atoms with van der Waals surface area (Å²) in [5.74, 6) is 0.644. The Morgan fingerprint density at radius 1 is 1.20 bits per heavy atom. The van der Waals surface area contributed by atoms with Gasteiger partial charge in [0.05, 0.1) is 5.69 Å². The van der Waals surface area contributed by atoms with Crippen LogP contribution in [0.4, 0.5) is 11.4 Å². The molecule has 2 amide bonds. The maximum atomic E-state index is 12.6.